The van der Waals surface area contributed by atoms with E-state index in [2.05, 4.69) is 25.1 Å². The van der Waals surface area contributed by atoms with E-state index >= 15 is 0 Å². The van der Waals surface area contributed by atoms with Crippen LogP contribution >= 0.6 is 0 Å². The molecule has 0 aromatic carbocycles. The van der Waals surface area contributed by atoms with Gasteiger partial charge >= 0.3 is 6.18 Å². The molecule has 0 radical (unpaired) electrons. The molecular weight excluding hydrogens is 351 g/mol. The number of anilines is 1. The molecule has 1 aliphatic rings. The number of aromatic amines is 1. The van der Waals surface area contributed by atoms with Crippen molar-refractivity contribution >= 4 is 33.8 Å². The van der Waals surface area contributed by atoms with Crippen LogP contribution in [0.5, 0.6) is 0 Å². The van der Waals surface area contributed by atoms with Gasteiger partial charge in [-0.3, -0.25) is 4.79 Å². The lowest BCUT2D eigenvalue weighted by atomic mass is 10.1. The highest BCUT2D eigenvalue weighted by Gasteiger charge is 2.33. The van der Waals surface area contributed by atoms with Gasteiger partial charge in [-0.2, -0.15) is 13.2 Å². The van der Waals surface area contributed by atoms with Crippen LogP contribution in [-0.2, 0) is 4.79 Å². The minimum atomic E-state index is -4.42. The summed E-state index contributed by atoms with van der Waals surface area (Å²) in [4.78, 5) is 25.3. The fourth-order valence-electron chi connectivity index (χ4n) is 3.16. The molecule has 1 amide bonds. The number of amides is 1. The SMILES string of the molecule is O=C(NCC(F)(F)F)C1CCN(c2nc[nH]c3nnc4nccc4c23)C1. The zero-order chi connectivity index (χ0) is 18.3. The normalized spacial score (nSPS) is 18.0. The first-order valence-electron chi connectivity index (χ1n) is 7.96. The lowest BCUT2D eigenvalue weighted by molar-refractivity contribution is -0.140. The Hall–Kier alpha value is -2.98. The highest BCUT2D eigenvalue weighted by molar-refractivity contribution is 6.07. The van der Waals surface area contributed by atoms with Crippen molar-refractivity contribution in [1.29, 1.82) is 0 Å². The second-order valence-corrected chi connectivity index (χ2v) is 6.10. The van der Waals surface area contributed by atoms with Crippen molar-refractivity contribution in [3.8, 4) is 0 Å². The Labute approximate surface area is 144 Å². The molecule has 1 unspecified atom stereocenters. The number of carbonyl (C=O) groups excluding carboxylic acids is 1. The maximum absolute atomic E-state index is 12.3. The predicted molar refractivity (Wildman–Crippen MR) is 86.4 cm³/mol. The predicted octanol–water partition coefficient (Wildman–Crippen LogP) is 1.41. The van der Waals surface area contributed by atoms with Crippen molar-refractivity contribution in [2.24, 2.45) is 5.92 Å². The quantitative estimate of drug-likeness (QED) is 0.728. The van der Waals surface area contributed by atoms with Crippen LogP contribution in [0, 0.1) is 5.92 Å². The summed E-state index contributed by atoms with van der Waals surface area (Å²) in [5.41, 5.74) is 1.01. The molecule has 4 heterocycles. The monoisotopic (exact) mass is 365 g/mol. The van der Waals surface area contributed by atoms with E-state index in [1.165, 1.54) is 6.33 Å². The topological polar surface area (TPSA) is 99.7 Å². The van der Waals surface area contributed by atoms with Gasteiger partial charge in [0.1, 0.15) is 12.4 Å². The molecule has 0 bridgehead atoms. The van der Waals surface area contributed by atoms with Gasteiger partial charge in [0.25, 0.3) is 0 Å². The zero-order valence-electron chi connectivity index (χ0n) is 13.4. The molecule has 1 atom stereocenters. The number of hydrogen-bond acceptors (Lipinski definition) is 6. The number of rotatable bonds is 3. The summed E-state index contributed by atoms with van der Waals surface area (Å²) >= 11 is 0. The molecule has 2 N–H and O–H groups in total. The average Bonchev–Trinajstić information content (AvgIpc) is 3.27. The molecule has 1 aliphatic heterocycles. The zero-order valence-corrected chi connectivity index (χ0v) is 13.4. The van der Waals surface area contributed by atoms with Crippen molar-refractivity contribution < 1.29 is 18.0 Å². The number of aromatic nitrogens is 5. The third-order valence-electron chi connectivity index (χ3n) is 4.36. The minimum absolute atomic E-state index is 0.285. The van der Waals surface area contributed by atoms with E-state index in [9.17, 15) is 18.0 Å². The molecule has 3 aromatic rings. The molecule has 8 nitrogen and oxygen atoms in total. The molecule has 136 valence electrons. The first kappa shape index (κ1) is 16.5. The van der Waals surface area contributed by atoms with Crippen molar-refractivity contribution in [2.75, 3.05) is 24.5 Å². The molecule has 4 rings (SSSR count). The summed E-state index contributed by atoms with van der Waals surface area (Å²) in [5.74, 6) is -0.518. The number of nitrogens with one attached hydrogen (secondary N) is 2. The number of fused-ring (bicyclic) bond motifs is 3. The summed E-state index contributed by atoms with van der Waals surface area (Å²) < 4.78 is 36.8. The van der Waals surface area contributed by atoms with Crippen molar-refractivity contribution in [3.05, 3.63) is 18.6 Å². The molecule has 0 spiro atoms. The Balaban J connectivity index is 1.59. The third kappa shape index (κ3) is 3.00. The maximum Gasteiger partial charge on any atom is 0.405 e. The number of H-pyrrole nitrogens is 1. The number of nitrogens with zero attached hydrogens (tertiary/aromatic N) is 5. The smallest absolute Gasteiger partial charge is 0.355 e. The van der Waals surface area contributed by atoms with E-state index in [1.807, 2.05) is 10.2 Å². The molecule has 1 saturated heterocycles. The fourth-order valence-corrected chi connectivity index (χ4v) is 3.16. The van der Waals surface area contributed by atoms with Gasteiger partial charge < -0.3 is 15.2 Å². The lowest BCUT2D eigenvalue weighted by Crippen LogP contribution is -2.38. The fraction of sp³-hybridized carbons (Fsp3) is 0.400. The Morgan fingerprint density at radius 1 is 1.35 bits per heavy atom. The second-order valence-electron chi connectivity index (χ2n) is 6.10. The number of carbonyl (C=O) groups is 1. The van der Waals surface area contributed by atoms with Gasteiger partial charge in [0, 0.05) is 24.7 Å². The highest BCUT2D eigenvalue weighted by atomic mass is 19.4. The Morgan fingerprint density at radius 2 is 2.19 bits per heavy atom. The third-order valence-corrected chi connectivity index (χ3v) is 4.36. The molecule has 11 heteroatoms. The van der Waals surface area contributed by atoms with E-state index in [0.29, 0.717) is 30.1 Å². The first-order chi connectivity index (χ1) is 12.4. The molecule has 0 aliphatic carbocycles. The van der Waals surface area contributed by atoms with E-state index in [-0.39, 0.29) is 6.54 Å². The van der Waals surface area contributed by atoms with Crippen LogP contribution in [0.4, 0.5) is 19.0 Å². The van der Waals surface area contributed by atoms with E-state index in [4.69, 9.17) is 0 Å². The minimum Gasteiger partial charge on any atom is -0.355 e. The summed E-state index contributed by atoms with van der Waals surface area (Å²) in [5, 5.41) is 11.6. The van der Waals surface area contributed by atoms with Crippen LogP contribution in [0.1, 0.15) is 6.42 Å². The van der Waals surface area contributed by atoms with Gasteiger partial charge in [-0.1, -0.05) is 0 Å². The maximum atomic E-state index is 12.3. The first-order valence-corrected chi connectivity index (χ1v) is 7.96. The van der Waals surface area contributed by atoms with Gasteiger partial charge in [0.2, 0.25) is 5.91 Å². The van der Waals surface area contributed by atoms with Gasteiger partial charge in [-0.25, -0.2) is 9.97 Å². The van der Waals surface area contributed by atoms with Gasteiger partial charge in [0.05, 0.1) is 17.6 Å². The van der Waals surface area contributed by atoms with Crippen LogP contribution in [0.15, 0.2) is 18.6 Å². The standard InChI is InChI=1S/C15H14F3N7O/c16-15(17,18)6-20-14(26)8-2-4-25(5-8)13-10-9-1-3-19-11(9)23-24-12(10)21-7-22-13/h1,3,7-8H,2,4-6H2,(H,20,26)(H,21,22,24). The average molecular weight is 365 g/mol. The molecule has 26 heavy (non-hydrogen) atoms. The van der Waals surface area contributed by atoms with E-state index < -0.39 is 24.5 Å². The second kappa shape index (κ2) is 6.07. The molecule has 3 aromatic heterocycles. The molecular formula is C15H14F3N7O. The van der Waals surface area contributed by atoms with Crippen LogP contribution in [-0.4, -0.2) is 56.9 Å². The summed E-state index contributed by atoms with van der Waals surface area (Å²) in [6.07, 6.45) is -0.874. The lowest BCUT2D eigenvalue weighted by Gasteiger charge is -2.19. The Morgan fingerprint density at radius 3 is 3.00 bits per heavy atom. The summed E-state index contributed by atoms with van der Waals surface area (Å²) in [6.45, 7) is -0.527. The van der Waals surface area contributed by atoms with Crippen LogP contribution in [0.25, 0.3) is 22.1 Å². The van der Waals surface area contributed by atoms with Crippen LogP contribution in [0.3, 0.4) is 0 Å². The highest BCUT2D eigenvalue weighted by Crippen LogP contribution is 2.31. The molecule has 0 saturated carbocycles. The van der Waals surface area contributed by atoms with Crippen molar-refractivity contribution in [2.45, 2.75) is 12.6 Å². The largest absolute Gasteiger partial charge is 0.405 e. The van der Waals surface area contributed by atoms with Crippen LogP contribution < -0.4 is 10.2 Å². The number of hydrogen-bond donors (Lipinski definition) is 2. The Kier molecular flexibility index (Phi) is 3.85. The number of halogens is 3. The molecule has 1 fully saturated rings. The van der Waals surface area contributed by atoms with Gasteiger partial charge in [-0.15, -0.1) is 10.2 Å². The number of alkyl halides is 3. The summed E-state index contributed by atoms with van der Waals surface area (Å²) in [6, 6.07) is 1.80. The van der Waals surface area contributed by atoms with Gasteiger partial charge in [-0.05, 0) is 12.5 Å². The van der Waals surface area contributed by atoms with Crippen molar-refractivity contribution in [1.82, 2.24) is 30.5 Å². The van der Waals surface area contributed by atoms with E-state index in [1.54, 1.807) is 12.3 Å². The van der Waals surface area contributed by atoms with Crippen molar-refractivity contribution in [3.63, 3.8) is 0 Å². The summed E-state index contributed by atoms with van der Waals surface area (Å²) in [7, 11) is 0. The van der Waals surface area contributed by atoms with Gasteiger partial charge in [0.15, 0.2) is 11.3 Å². The van der Waals surface area contributed by atoms with E-state index in [0.717, 1.165) is 10.8 Å². The Bertz CT molecular complexity index is 971. The van der Waals surface area contributed by atoms with Crippen LogP contribution in [0.2, 0.25) is 0 Å².